The van der Waals surface area contributed by atoms with Crippen LogP contribution >= 0.6 is 0 Å². The van der Waals surface area contributed by atoms with Crippen molar-refractivity contribution in [1.29, 1.82) is 0 Å². The van der Waals surface area contributed by atoms with Crippen LogP contribution in [-0.4, -0.2) is 24.8 Å². The maximum absolute atomic E-state index is 12.6. The minimum atomic E-state index is -0.532. The van der Waals surface area contributed by atoms with Gasteiger partial charge in [-0.05, 0) is 18.3 Å². The van der Waals surface area contributed by atoms with Crippen molar-refractivity contribution in [2.24, 2.45) is 16.7 Å². The number of ether oxygens (including phenoxy) is 2. The fourth-order valence-corrected chi connectivity index (χ4v) is 4.95. The van der Waals surface area contributed by atoms with Crippen LogP contribution in [0.4, 0.5) is 0 Å². The molecule has 108 valence electrons. The highest BCUT2D eigenvalue weighted by atomic mass is 16.7. The highest BCUT2D eigenvalue weighted by Gasteiger charge is 2.64. The highest BCUT2D eigenvalue weighted by molar-refractivity contribution is 5.85. The van der Waals surface area contributed by atoms with Gasteiger partial charge >= 0.3 is 0 Å². The Morgan fingerprint density at radius 3 is 2.68 bits per heavy atom. The Kier molecular flexibility index (Phi) is 2.89. The lowest BCUT2D eigenvalue weighted by Gasteiger charge is -2.48. The van der Waals surface area contributed by atoms with Crippen molar-refractivity contribution in [1.82, 2.24) is 0 Å². The Bertz CT molecular complexity index is 403. The minimum Gasteiger partial charge on any atom is -0.353 e. The smallest absolute Gasteiger partial charge is 0.172 e. The maximum Gasteiger partial charge on any atom is 0.172 e. The second kappa shape index (κ2) is 4.05. The van der Waals surface area contributed by atoms with E-state index in [1.54, 1.807) is 7.11 Å². The van der Waals surface area contributed by atoms with Crippen LogP contribution in [0.25, 0.3) is 0 Å². The van der Waals surface area contributed by atoms with Gasteiger partial charge in [0, 0.05) is 31.3 Å². The topological polar surface area (TPSA) is 35.5 Å². The molecule has 3 aliphatic rings. The van der Waals surface area contributed by atoms with Crippen LogP contribution in [0.3, 0.4) is 0 Å². The van der Waals surface area contributed by atoms with Gasteiger partial charge in [0.15, 0.2) is 11.6 Å². The molecule has 0 radical (unpaired) electrons. The SMILES string of the molecule is COC12CC(C)(C)C(O1)C(=O)CC1(C)CCCCC12. The molecular weight excluding hydrogens is 240 g/mol. The van der Waals surface area contributed by atoms with Gasteiger partial charge in [-0.25, -0.2) is 0 Å². The van der Waals surface area contributed by atoms with E-state index < -0.39 is 5.79 Å². The molecule has 0 N–H and O–H groups in total. The van der Waals surface area contributed by atoms with E-state index in [4.69, 9.17) is 9.47 Å². The predicted molar refractivity (Wildman–Crippen MR) is 72.7 cm³/mol. The van der Waals surface area contributed by atoms with Crippen molar-refractivity contribution in [2.45, 2.75) is 71.2 Å². The quantitative estimate of drug-likeness (QED) is 0.730. The monoisotopic (exact) mass is 266 g/mol. The predicted octanol–water partition coefficient (Wildman–Crippen LogP) is 3.31. The van der Waals surface area contributed by atoms with Gasteiger partial charge in [0.2, 0.25) is 0 Å². The van der Waals surface area contributed by atoms with Gasteiger partial charge in [-0.1, -0.05) is 33.6 Å². The third-order valence-corrected chi connectivity index (χ3v) is 5.81. The van der Waals surface area contributed by atoms with Gasteiger partial charge in [-0.15, -0.1) is 0 Å². The van der Waals surface area contributed by atoms with Crippen molar-refractivity contribution in [3.05, 3.63) is 0 Å². The van der Waals surface area contributed by atoms with E-state index in [9.17, 15) is 4.79 Å². The molecule has 0 amide bonds. The minimum absolute atomic E-state index is 0.0661. The van der Waals surface area contributed by atoms with Crippen LogP contribution < -0.4 is 0 Å². The molecule has 2 bridgehead atoms. The van der Waals surface area contributed by atoms with Crippen LogP contribution in [0.2, 0.25) is 0 Å². The van der Waals surface area contributed by atoms with Crippen LogP contribution in [-0.2, 0) is 14.3 Å². The Labute approximate surface area is 116 Å². The molecule has 4 atom stereocenters. The average molecular weight is 266 g/mol. The first-order valence-corrected chi connectivity index (χ1v) is 7.59. The van der Waals surface area contributed by atoms with Crippen molar-refractivity contribution >= 4 is 5.78 Å². The normalized spacial score (nSPS) is 48.7. The summed E-state index contributed by atoms with van der Waals surface area (Å²) in [6, 6.07) is 0. The standard InChI is InChI=1S/C16H26O3/c1-14(2)10-16(18-4)12-7-5-6-8-15(12,3)9-11(17)13(14)19-16/h12-13H,5-10H2,1-4H3. The Morgan fingerprint density at radius 2 is 2.00 bits per heavy atom. The van der Waals surface area contributed by atoms with Gasteiger partial charge in [0.25, 0.3) is 0 Å². The van der Waals surface area contributed by atoms with E-state index in [2.05, 4.69) is 20.8 Å². The van der Waals surface area contributed by atoms with Gasteiger partial charge in [0.1, 0.15) is 6.10 Å². The first-order valence-electron chi connectivity index (χ1n) is 7.59. The molecule has 2 aliphatic heterocycles. The Balaban J connectivity index is 2.07. The number of fused-ring (bicyclic) bond motifs is 4. The zero-order valence-corrected chi connectivity index (χ0v) is 12.6. The summed E-state index contributed by atoms with van der Waals surface area (Å²) in [5.74, 6) is 0.112. The third-order valence-electron chi connectivity index (χ3n) is 5.81. The first-order chi connectivity index (χ1) is 8.83. The van der Waals surface area contributed by atoms with E-state index in [-0.39, 0.29) is 22.7 Å². The molecule has 1 saturated carbocycles. The molecular formula is C16H26O3. The van der Waals surface area contributed by atoms with Crippen LogP contribution in [0, 0.1) is 16.7 Å². The maximum atomic E-state index is 12.6. The summed E-state index contributed by atoms with van der Waals surface area (Å²) >= 11 is 0. The fraction of sp³-hybridized carbons (Fsp3) is 0.938. The number of carbonyl (C=O) groups excluding carboxylic acids is 1. The van der Waals surface area contributed by atoms with Gasteiger partial charge < -0.3 is 9.47 Å². The van der Waals surface area contributed by atoms with Crippen molar-refractivity contribution in [2.75, 3.05) is 7.11 Å². The van der Waals surface area contributed by atoms with Gasteiger partial charge in [0.05, 0.1) is 0 Å². The fourth-order valence-electron chi connectivity index (χ4n) is 4.95. The zero-order chi connectivity index (χ0) is 13.9. The average Bonchev–Trinajstić information content (AvgIpc) is 2.56. The molecule has 2 heterocycles. The first kappa shape index (κ1) is 13.6. The number of methoxy groups -OCH3 is 1. The van der Waals surface area contributed by atoms with Crippen molar-refractivity contribution in [3.8, 4) is 0 Å². The summed E-state index contributed by atoms with van der Waals surface area (Å²) in [5.41, 5.74) is -0.0392. The lowest BCUT2D eigenvalue weighted by molar-refractivity contribution is -0.257. The summed E-state index contributed by atoms with van der Waals surface area (Å²) in [6.45, 7) is 6.55. The highest BCUT2D eigenvalue weighted by Crippen LogP contribution is 2.60. The molecule has 3 fully saturated rings. The number of ketones is 1. The van der Waals surface area contributed by atoms with Crippen molar-refractivity contribution in [3.63, 3.8) is 0 Å². The molecule has 0 aromatic heterocycles. The second-order valence-electron chi connectivity index (χ2n) is 7.77. The van der Waals surface area contributed by atoms with E-state index in [0.29, 0.717) is 12.3 Å². The van der Waals surface area contributed by atoms with Crippen LogP contribution in [0.5, 0.6) is 0 Å². The summed E-state index contributed by atoms with van der Waals surface area (Å²) in [6.07, 6.45) is 5.94. The van der Waals surface area contributed by atoms with E-state index in [0.717, 1.165) is 19.3 Å². The Hall–Kier alpha value is -0.410. The van der Waals surface area contributed by atoms with E-state index in [1.807, 2.05) is 0 Å². The third kappa shape index (κ3) is 1.81. The molecule has 19 heavy (non-hydrogen) atoms. The molecule has 1 aliphatic carbocycles. The molecule has 3 nitrogen and oxygen atoms in total. The van der Waals surface area contributed by atoms with E-state index >= 15 is 0 Å². The summed E-state index contributed by atoms with van der Waals surface area (Å²) in [4.78, 5) is 12.6. The van der Waals surface area contributed by atoms with Gasteiger partial charge in [-0.2, -0.15) is 0 Å². The zero-order valence-electron chi connectivity index (χ0n) is 12.6. The molecule has 2 saturated heterocycles. The summed E-state index contributed by atoms with van der Waals surface area (Å²) in [7, 11) is 1.75. The number of Topliss-reactive ketones (excluding diaryl/α,β-unsaturated/α-hetero) is 1. The number of rotatable bonds is 1. The molecule has 3 heteroatoms. The number of carbonyl (C=O) groups is 1. The second-order valence-corrected chi connectivity index (χ2v) is 7.77. The lowest BCUT2D eigenvalue weighted by atomic mass is 9.58. The number of hydrogen-bond donors (Lipinski definition) is 0. The summed E-state index contributed by atoms with van der Waals surface area (Å²) < 4.78 is 12.1. The largest absolute Gasteiger partial charge is 0.353 e. The Morgan fingerprint density at radius 1 is 1.26 bits per heavy atom. The summed E-state index contributed by atoms with van der Waals surface area (Å²) in [5, 5.41) is 0. The molecule has 4 unspecified atom stereocenters. The van der Waals surface area contributed by atoms with Crippen LogP contribution in [0.1, 0.15) is 59.3 Å². The van der Waals surface area contributed by atoms with Crippen LogP contribution in [0.15, 0.2) is 0 Å². The van der Waals surface area contributed by atoms with E-state index in [1.165, 1.54) is 12.8 Å². The number of hydrogen-bond acceptors (Lipinski definition) is 3. The molecule has 0 aromatic rings. The molecule has 0 aromatic carbocycles. The lowest BCUT2D eigenvalue weighted by Crippen LogP contribution is -2.49. The molecule has 0 spiro atoms. The van der Waals surface area contributed by atoms with Crippen molar-refractivity contribution < 1.29 is 14.3 Å². The molecule has 3 rings (SSSR count). The van der Waals surface area contributed by atoms with Gasteiger partial charge in [-0.3, -0.25) is 4.79 Å².